The fraction of sp³-hybridized carbons (Fsp3) is 0.0714. The van der Waals surface area contributed by atoms with Gasteiger partial charge in [-0.15, -0.1) is 11.6 Å². The molecular weight excluding hydrogens is 345 g/mol. The Hall–Kier alpha value is -2.35. The van der Waals surface area contributed by atoms with Crippen molar-refractivity contribution in [2.45, 2.75) is 0 Å². The molecule has 0 radical (unpaired) electrons. The molecule has 0 heterocycles. The standard InChI is InChI=1S/C14H7ClF5NO2/c15-4-10(23)21-14-9(22)3-6(16)11(13(14)20)5-1-7(17)12(19)8(18)2-5/h1-3,22H,4H2,(H,21,23). The van der Waals surface area contributed by atoms with Crippen LogP contribution >= 0.6 is 11.6 Å². The quantitative estimate of drug-likeness (QED) is 0.381. The smallest absolute Gasteiger partial charge is 0.239 e. The van der Waals surface area contributed by atoms with Gasteiger partial charge in [0, 0.05) is 6.07 Å². The largest absolute Gasteiger partial charge is 0.506 e. The summed E-state index contributed by atoms with van der Waals surface area (Å²) in [5.74, 6) is -10.4. The Morgan fingerprint density at radius 1 is 1.00 bits per heavy atom. The van der Waals surface area contributed by atoms with E-state index in [0.717, 1.165) is 0 Å². The maximum Gasteiger partial charge on any atom is 0.239 e. The lowest BCUT2D eigenvalue weighted by Gasteiger charge is -2.13. The van der Waals surface area contributed by atoms with Crippen LogP contribution < -0.4 is 5.32 Å². The normalized spacial score (nSPS) is 10.7. The summed E-state index contributed by atoms with van der Waals surface area (Å²) in [6.45, 7) is 0. The third kappa shape index (κ3) is 3.21. The van der Waals surface area contributed by atoms with E-state index < -0.39 is 63.4 Å². The fourth-order valence-corrected chi connectivity index (χ4v) is 1.93. The molecule has 0 aliphatic carbocycles. The van der Waals surface area contributed by atoms with Crippen LogP contribution in [0.1, 0.15) is 0 Å². The molecule has 0 spiro atoms. The van der Waals surface area contributed by atoms with Gasteiger partial charge in [-0.1, -0.05) is 0 Å². The van der Waals surface area contributed by atoms with Crippen molar-refractivity contribution in [2.24, 2.45) is 0 Å². The molecule has 0 aliphatic rings. The van der Waals surface area contributed by atoms with Crippen LogP contribution in [0.2, 0.25) is 0 Å². The number of phenols is 1. The number of aromatic hydroxyl groups is 1. The van der Waals surface area contributed by atoms with Crippen LogP contribution in [0.4, 0.5) is 27.6 Å². The van der Waals surface area contributed by atoms with Gasteiger partial charge in [-0.05, 0) is 17.7 Å². The van der Waals surface area contributed by atoms with Crippen LogP contribution in [-0.4, -0.2) is 16.9 Å². The Kier molecular flexibility index (Phi) is 4.74. The number of rotatable bonds is 3. The van der Waals surface area contributed by atoms with Crippen molar-refractivity contribution < 1.29 is 31.9 Å². The van der Waals surface area contributed by atoms with Crippen LogP contribution in [-0.2, 0) is 4.79 Å². The zero-order chi connectivity index (χ0) is 17.3. The molecule has 0 atom stereocenters. The number of anilines is 1. The first-order chi connectivity index (χ1) is 10.8. The molecule has 0 fully saturated rings. The summed E-state index contributed by atoms with van der Waals surface area (Å²) < 4.78 is 67.6. The molecule has 1 amide bonds. The Balaban J connectivity index is 2.68. The van der Waals surface area contributed by atoms with E-state index in [1.54, 1.807) is 0 Å². The van der Waals surface area contributed by atoms with Crippen LogP contribution in [0.25, 0.3) is 11.1 Å². The van der Waals surface area contributed by atoms with Gasteiger partial charge < -0.3 is 10.4 Å². The van der Waals surface area contributed by atoms with E-state index in [1.807, 2.05) is 5.32 Å². The van der Waals surface area contributed by atoms with Gasteiger partial charge in [0.15, 0.2) is 23.3 Å². The van der Waals surface area contributed by atoms with Crippen molar-refractivity contribution in [2.75, 3.05) is 11.2 Å². The van der Waals surface area contributed by atoms with Crippen LogP contribution in [0, 0.1) is 29.1 Å². The molecule has 0 unspecified atom stereocenters. The lowest BCUT2D eigenvalue weighted by atomic mass is 10.0. The third-order valence-corrected chi connectivity index (χ3v) is 3.10. The van der Waals surface area contributed by atoms with Crippen molar-refractivity contribution in [1.29, 1.82) is 0 Å². The van der Waals surface area contributed by atoms with Gasteiger partial charge in [0.2, 0.25) is 5.91 Å². The first-order valence-electron chi connectivity index (χ1n) is 5.98. The SMILES string of the molecule is O=C(CCl)Nc1c(O)cc(F)c(-c2cc(F)c(F)c(F)c2)c1F. The number of carbonyl (C=O) groups is 1. The highest BCUT2D eigenvalue weighted by atomic mass is 35.5. The molecular formula is C14H7ClF5NO2. The molecule has 122 valence electrons. The molecule has 0 saturated heterocycles. The molecule has 0 saturated carbocycles. The number of hydrogen-bond donors (Lipinski definition) is 2. The topological polar surface area (TPSA) is 49.3 Å². The van der Waals surface area contributed by atoms with E-state index in [9.17, 15) is 31.9 Å². The fourth-order valence-electron chi connectivity index (χ4n) is 1.86. The minimum atomic E-state index is -1.80. The molecule has 2 aromatic rings. The predicted octanol–water partition coefficient (Wildman–Crippen LogP) is 3.93. The minimum absolute atomic E-state index is 0.379. The zero-order valence-corrected chi connectivity index (χ0v) is 11.8. The molecule has 2 rings (SSSR count). The van der Waals surface area contributed by atoms with E-state index in [4.69, 9.17) is 11.6 Å². The molecule has 2 N–H and O–H groups in total. The van der Waals surface area contributed by atoms with E-state index in [0.29, 0.717) is 18.2 Å². The molecule has 23 heavy (non-hydrogen) atoms. The van der Waals surface area contributed by atoms with Crippen LogP contribution in [0.5, 0.6) is 5.75 Å². The Labute approximate surface area is 131 Å². The van der Waals surface area contributed by atoms with E-state index in [2.05, 4.69) is 0 Å². The first-order valence-corrected chi connectivity index (χ1v) is 6.51. The van der Waals surface area contributed by atoms with E-state index in [-0.39, 0.29) is 0 Å². The average Bonchev–Trinajstić information content (AvgIpc) is 2.48. The van der Waals surface area contributed by atoms with Gasteiger partial charge in [0.05, 0.1) is 5.56 Å². The summed E-state index contributed by atoms with van der Waals surface area (Å²) in [5, 5.41) is 11.4. The Bertz CT molecular complexity index is 774. The number of phenolic OH excluding ortho intramolecular Hbond substituents is 1. The first kappa shape index (κ1) is 17.0. The third-order valence-electron chi connectivity index (χ3n) is 2.86. The Morgan fingerprint density at radius 2 is 1.57 bits per heavy atom. The number of halogens is 6. The van der Waals surface area contributed by atoms with Crippen LogP contribution in [0.15, 0.2) is 18.2 Å². The molecule has 0 aromatic heterocycles. The molecule has 0 bridgehead atoms. The van der Waals surface area contributed by atoms with E-state index in [1.165, 1.54) is 0 Å². The van der Waals surface area contributed by atoms with Crippen molar-refractivity contribution >= 4 is 23.2 Å². The van der Waals surface area contributed by atoms with Gasteiger partial charge in [0.1, 0.15) is 23.1 Å². The average molecular weight is 352 g/mol. The highest BCUT2D eigenvalue weighted by Gasteiger charge is 2.23. The number of amides is 1. The summed E-state index contributed by atoms with van der Waals surface area (Å²) in [4.78, 5) is 11.2. The summed E-state index contributed by atoms with van der Waals surface area (Å²) in [6, 6.07) is 1.19. The summed E-state index contributed by atoms with van der Waals surface area (Å²) in [5.41, 5.74) is -2.43. The second kappa shape index (κ2) is 6.41. The maximum absolute atomic E-state index is 14.3. The maximum atomic E-state index is 14.3. The molecule has 9 heteroatoms. The summed E-state index contributed by atoms with van der Waals surface area (Å²) in [7, 11) is 0. The monoisotopic (exact) mass is 351 g/mol. The molecule has 2 aromatic carbocycles. The minimum Gasteiger partial charge on any atom is -0.506 e. The molecule has 3 nitrogen and oxygen atoms in total. The predicted molar refractivity (Wildman–Crippen MR) is 72.7 cm³/mol. The van der Waals surface area contributed by atoms with Crippen molar-refractivity contribution in [3.63, 3.8) is 0 Å². The highest BCUT2D eigenvalue weighted by Crippen LogP contribution is 2.37. The van der Waals surface area contributed by atoms with Gasteiger partial charge in [0.25, 0.3) is 0 Å². The van der Waals surface area contributed by atoms with Gasteiger partial charge in [-0.3, -0.25) is 4.79 Å². The lowest BCUT2D eigenvalue weighted by molar-refractivity contribution is -0.114. The van der Waals surface area contributed by atoms with Gasteiger partial charge in [-0.25, -0.2) is 22.0 Å². The number of carbonyl (C=O) groups excluding carboxylic acids is 1. The highest BCUT2D eigenvalue weighted by molar-refractivity contribution is 6.29. The van der Waals surface area contributed by atoms with E-state index >= 15 is 0 Å². The number of benzene rings is 2. The lowest BCUT2D eigenvalue weighted by Crippen LogP contribution is -2.14. The zero-order valence-electron chi connectivity index (χ0n) is 11.1. The summed E-state index contributed by atoms with van der Waals surface area (Å²) in [6.07, 6.45) is 0. The van der Waals surface area contributed by atoms with Crippen molar-refractivity contribution in [3.8, 4) is 16.9 Å². The number of hydrogen-bond acceptors (Lipinski definition) is 2. The summed E-state index contributed by atoms with van der Waals surface area (Å²) >= 11 is 5.22. The number of nitrogens with one attached hydrogen (secondary N) is 1. The van der Waals surface area contributed by atoms with Gasteiger partial charge >= 0.3 is 0 Å². The molecule has 0 aliphatic heterocycles. The second-order valence-corrected chi connectivity index (χ2v) is 4.64. The number of alkyl halides is 1. The Morgan fingerprint density at radius 3 is 2.09 bits per heavy atom. The van der Waals surface area contributed by atoms with Gasteiger partial charge in [-0.2, -0.15) is 0 Å². The van der Waals surface area contributed by atoms with Crippen molar-refractivity contribution in [3.05, 3.63) is 47.3 Å². The van der Waals surface area contributed by atoms with Crippen LogP contribution in [0.3, 0.4) is 0 Å². The second-order valence-electron chi connectivity index (χ2n) is 4.38. The van der Waals surface area contributed by atoms with Crippen molar-refractivity contribution in [1.82, 2.24) is 0 Å².